The van der Waals surface area contributed by atoms with Crippen LogP contribution in [0.3, 0.4) is 0 Å². The van der Waals surface area contributed by atoms with Gasteiger partial charge in [0.15, 0.2) is 4.77 Å². The summed E-state index contributed by atoms with van der Waals surface area (Å²) in [5.74, 6) is 1.79. The van der Waals surface area contributed by atoms with E-state index in [1.54, 1.807) is 0 Å². The molecule has 1 N–H and O–H groups in total. The van der Waals surface area contributed by atoms with E-state index in [9.17, 15) is 0 Å². The molecule has 0 radical (unpaired) electrons. The molecular weight excluding hydrogens is 224 g/mol. The van der Waals surface area contributed by atoms with E-state index in [4.69, 9.17) is 12.2 Å². The Morgan fingerprint density at radius 3 is 2.80 bits per heavy atom. The molecule has 0 amide bonds. The SMILES string of the molecule is CSCCCCn1c(C(C)C)c[nH]c1=S. The summed E-state index contributed by atoms with van der Waals surface area (Å²) in [5.41, 5.74) is 1.32. The Kier molecular flexibility index (Phi) is 5.47. The van der Waals surface area contributed by atoms with Gasteiger partial charge >= 0.3 is 0 Å². The summed E-state index contributed by atoms with van der Waals surface area (Å²) in [4.78, 5) is 3.13. The number of nitrogens with one attached hydrogen (secondary N) is 1. The highest BCUT2D eigenvalue weighted by Crippen LogP contribution is 2.15. The quantitative estimate of drug-likeness (QED) is 0.606. The van der Waals surface area contributed by atoms with Crippen LogP contribution in [0.5, 0.6) is 0 Å². The Morgan fingerprint density at radius 2 is 2.20 bits per heavy atom. The van der Waals surface area contributed by atoms with Gasteiger partial charge in [-0.1, -0.05) is 13.8 Å². The highest BCUT2D eigenvalue weighted by Gasteiger charge is 2.06. The third-order valence-corrected chi connectivity index (χ3v) is 3.51. The van der Waals surface area contributed by atoms with Crippen molar-refractivity contribution in [1.82, 2.24) is 9.55 Å². The average Bonchev–Trinajstić information content (AvgIpc) is 2.55. The number of imidazole rings is 1. The van der Waals surface area contributed by atoms with Gasteiger partial charge in [0, 0.05) is 18.4 Å². The Labute approximate surface area is 101 Å². The third kappa shape index (κ3) is 3.68. The van der Waals surface area contributed by atoms with Gasteiger partial charge < -0.3 is 9.55 Å². The molecule has 0 aliphatic carbocycles. The topological polar surface area (TPSA) is 20.7 Å². The fourth-order valence-corrected chi connectivity index (χ4v) is 2.38. The Balaban J connectivity index is 2.59. The minimum absolute atomic E-state index is 0.540. The van der Waals surface area contributed by atoms with E-state index in [2.05, 4.69) is 29.7 Å². The molecule has 15 heavy (non-hydrogen) atoms. The highest BCUT2D eigenvalue weighted by atomic mass is 32.2. The largest absolute Gasteiger partial charge is 0.337 e. The predicted octanol–water partition coefficient (Wildman–Crippen LogP) is 3.81. The van der Waals surface area contributed by atoms with Crippen LogP contribution in [0.15, 0.2) is 6.20 Å². The van der Waals surface area contributed by atoms with E-state index in [0.29, 0.717) is 5.92 Å². The molecule has 0 atom stereocenters. The molecule has 1 aromatic rings. The van der Waals surface area contributed by atoms with E-state index >= 15 is 0 Å². The molecule has 0 aromatic carbocycles. The predicted molar refractivity (Wildman–Crippen MR) is 71.3 cm³/mol. The van der Waals surface area contributed by atoms with E-state index in [0.717, 1.165) is 11.3 Å². The lowest BCUT2D eigenvalue weighted by Crippen LogP contribution is -2.05. The number of thioether (sulfide) groups is 1. The Bertz CT molecular complexity index is 339. The molecule has 1 heterocycles. The lowest BCUT2D eigenvalue weighted by atomic mass is 10.1. The van der Waals surface area contributed by atoms with Crippen molar-refractivity contribution < 1.29 is 0 Å². The van der Waals surface area contributed by atoms with Crippen LogP contribution in [-0.4, -0.2) is 21.6 Å². The maximum absolute atomic E-state index is 5.27. The van der Waals surface area contributed by atoms with Gasteiger partial charge in [0.2, 0.25) is 0 Å². The number of rotatable bonds is 6. The summed E-state index contributed by atoms with van der Waals surface area (Å²) in [6.45, 7) is 5.46. The van der Waals surface area contributed by atoms with Gasteiger partial charge in [-0.05, 0) is 43.0 Å². The number of hydrogen-bond acceptors (Lipinski definition) is 2. The lowest BCUT2D eigenvalue weighted by molar-refractivity contribution is 0.588. The maximum Gasteiger partial charge on any atom is 0.177 e. The zero-order valence-corrected chi connectivity index (χ0v) is 11.4. The monoisotopic (exact) mass is 244 g/mol. The van der Waals surface area contributed by atoms with Gasteiger partial charge in [-0.15, -0.1) is 0 Å². The second-order valence-electron chi connectivity index (χ2n) is 4.02. The van der Waals surface area contributed by atoms with Crippen LogP contribution >= 0.6 is 24.0 Å². The summed E-state index contributed by atoms with van der Waals surface area (Å²) >= 11 is 7.18. The second kappa shape index (κ2) is 6.38. The summed E-state index contributed by atoms with van der Waals surface area (Å²) < 4.78 is 3.10. The molecule has 0 spiro atoms. The van der Waals surface area contributed by atoms with Gasteiger partial charge in [-0.25, -0.2) is 0 Å². The Hall–Kier alpha value is -0.220. The molecule has 0 bridgehead atoms. The number of hydrogen-bond donors (Lipinski definition) is 1. The summed E-state index contributed by atoms with van der Waals surface area (Å²) in [5, 5.41) is 0. The van der Waals surface area contributed by atoms with Crippen LogP contribution in [0.25, 0.3) is 0 Å². The molecular formula is C11H20N2S2. The first-order valence-corrected chi connectivity index (χ1v) is 7.24. The first kappa shape index (κ1) is 12.8. The van der Waals surface area contributed by atoms with E-state index in [-0.39, 0.29) is 0 Å². The molecule has 1 aromatic heterocycles. The first-order chi connectivity index (χ1) is 7.16. The van der Waals surface area contributed by atoms with Crippen LogP contribution < -0.4 is 0 Å². The lowest BCUT2D eigenvalue weighted by Gasteiger charge is -2.10. The van der Waals surface area contributed by atoms with Crippen LogP contribution in [0.1, 0.15) is 38.3 Å². The number of H-pyrrole nitrogens is 1. The molecule has 0 saturated heterocycles. The third-order valence-electron chi connectivity index (χ3n) is 2.47. The van der Waals surface area contributed by atoms with E-state index in [1.165, 1.54) is 24.3 Å². The molecule has 0 aliphatic rings. The molecule has 86 valence electrons. The highest BCUT2D eigenvalue weighted by molar-refractivity contribution is 7.98. The van der Waals surface area contributed by atoms with Gasteiger partial charge in [-0.2, -0.15) is 11.8 Å². The molecule has 0 aliphatic heterocycles. The van der Waals surface area contributed by atoms with Crippen molar-refractivity contribution in [3.8, 4) is 0 Å². The molecule has 0 unspecified atom stereocenters. The van der Waals surface area contributed by atoms with Crippen molar-refractivity contribution in [1.29, 1.82) is 0 Å². The van der Waals surface area contributed by atoms with Gasteiger partial charge in [0.25, 0.3) is 0 Å². The van der Waals surface area contributed by atoms with E-state index < -0.39 is 0 Å². The first-order valence-electron chi connectivity index (χ1n) is 5.44. The van der Waals surface area contributed by atoms with Crippen molar-refractivity contribution in [3.05, 3.63) is 16.7 Å². The van der Waals surface area contributed by atoms with Crippen LogP contribution in [-0.2, 0) is 6.54 Å². The second-order valence-corrected chi connectivity index (χ2v) is 5.40. The zero-order chi connectivity index (χ0) is 11.3. The molecule has 2 nitrogen and oxygen atoms in total. The standard InChI is InChI=1S/C11H20N2S2/c1-9(2)10-8-12-11(14)13(10)6-4-5-7-15-3/h8-9H,4-7H2,1-3H3,(H,12,14). The number of unbranched alkanes of at least 4 members (excludes halogenated alkanes) is 1. The minimum Gasteiger partial charge on any atom is -0.337 e. The Morgan fingerprint density at radius 1 is 1.47 bits per heavy atom. The molecule has 0 fully saturated rings. The molecule has 4 heteroatoms. The number of aromatic nitrogens is 2. The summed E-state index contributed by atoms with van der Waals surface area (Å²) in [6.07, 6.45) is 6.68. The van der Waals surface area contributed by atoms with Crippen molar-refractivity contribution in [2.75, 3.05) is 12.0 Å². The summed E-state index contributed by atoms with van der Waals surface area (Å²) in [6, 6.07) is 0. The smallest absolute Gasteiger partial charge is 0.177 e. The average molecular weight is 244 g/mol. The van der Waals surface area contributed by atoms with Crippen molar-refractivity contribution in [3.63, 3.8) is 0 Å². The van der Waals surface area contributed by atoms with Crippen LogP contribution in [0.2, 0.25) is 0 Å². The van der Waals surface area contributed by atoms with E-state index in [1.807, 2.05) is 18.0 Å². The van der Waals surface area contributed by atoms with Crippen molar-refractivity contribution >= 4 is 24.0 Å². The van der Waals surface area contributed by atoms with Crippen LogP contribution in [0.4, 0.5) is 0 Å². The van der Waals surface area contributed by atoms with Gasteiger partial charge in [0.05, 0.1) is 0 Å². The van der Waals surface area contributed by atoms with Gasteiger partial charge in [-0.3, -0.25) is 0 Å². The normalized spacial score (nSPS) is 11.2. The van der Waals surface area contributed by atoms with Gasteiger partial charge in [0.1, 0.15) is 0 Å². The van der Waals surface area contributed by atoms with Crippen molar-refractivity contribution in [2.45, 2.75) is 39.2 Å². The number of aromatic amines is 1. The fraction of sp³-hybridized carbons (Fsp3) is 0.727. The van der Waals surface area contributed by atoms with Crippen molar-refractivity contribution in [2.24, 2.45) is 0 Å². The summed E-state index contributed by atoms with van der Waals surface area (Å²) in [7, 11) is 0. The number of nitrogens with zero attached hydrogens (tertiary/aromatic N) is 1. The minimum atomic E-state index is 0.540. The fourth-order valence-electron chi connectivity index (χ4n) is 1.63. The van der Waals surface area contributed by atoms with Crippen LogP contribution in [0, 0.1) is 4.77 Å². The zero-order valence-electron chi connectivity index (χ0n) is 9.75. The molecule has 1 rings (SSSR count). The molecule has 0 saturated carbocycles. The maximum atomic E-state index is 5.27.